The van der Waals surface area contributed by atoms with E-state index in [1.807, 2.05) is 0 Å². The summed E-state index contributed by atoms with van der Waals surface area (Å²) in [5.41, 5.74) is 0.877. The van der Waals surface area contributed by atoms with Gasteiger partial charge in [-0.05, 0) is 24.6 Å². The fourth-order valence-corrected chi connectivity index (χ4v) is 1.01. The van der Waals surface area contributed by atoms with Crippen molar-refractivity contribution in [2.24, 2.45) is 0 Å². The Morgan fingerprint density at radius 2 is 1.93 bits per heavy atom. The van der Waals surface area contributed by atoms with Crippen LogP contribution >= 0.6 is 11.6 Å². The fraction of sp³-hybridized carbons (Fsp3) is 0.300. The van der Waals surface area contributed by atoms with Crippen molar-refractivity contribution in [3.8, 4) is 0 Å². The third-order valence-electron chi connectivity index (χ3n) is 1.53. The lowest BCUT2D eigenvalue weighted by Gasteiger charge is -2.04. The SMILES string of the molecule is CCOC(=O)OCc1ccc(Cl)cc1. The first kappa shape index (κ1) is 10.9. The molecule has 0 atom stereocenters. The van der Waals surface area contributed by atoms with Gasteiger partial charge < -0.3 is 9.47 Å². The Morgan fingerprint density at radius 1 is 1.29 bits per heavy atom. The molecule has 0 aliphatic rings. The molecular weight excluding hydrogens is 204 g/mol. The molecule has 1 rings (SSSR count). The summed E-state index contributed by atoms with van der Waals surface area (Å²) >= 11 is 5.69. The summed E-state index contributed by atoms with van der Waals surface area (Å²) in [5.74, 6) is 0. The average Bonchev–Trinajstić information content (AvgIpc) is 2.17. The smallest absolute Gasteiger partial charge is 0.435 e. The summed E-state index contributed by atoms with van der Waals surface area (Å²) in [6.45, 7) is 2.25. The maximum atomic E-state index is 10.8. The number of carbonyl (C=O) groups excluding carboxylic acids is 1. The fourth-order valence-electron chi connectivity index (χ4n) is 0.882. The summed E-state index contributed by atoms with van der Waals surface area (Å²) in [6.07, 6.45) is -0.651. The molecule has 4 heteroatoms. The van der Waals surface area contributed by atoms with E-state index in [-0.39, 0.29) is 6.61 Å². The lowest BCUT2D eigenvalue weighted by Crippen LogP contribution is -2.06. The second-order valence-corrected chi connectivity index (χ2v) is 3.03. The van der Waals surface area contributed by atoms with Gasteiger partial charge in [-0.2, -0.15) is 0 Å². The molecule has 0 amide bonds. The standard InChI is InChI=1S/C10H11ClO3/c1-2-13-10(12)14-7-8-3-5-9(11)6-4-8/h3-6H,2,7H2,1H3. The summed E-state index contributed by atoms with van der Waals surface area (Å²) < 4.78 is 9.40. The maximum Gasteiger partial charge on any atom is 0.508 e. The monoisotopic (exact) mass is 214 g/mol. The van der Waals surface area contributed by atoms with Crippen LogP contribution in [0.25, 0.3) is 0 Å². The van der Waals surface area contributed by atoms with Crippen LogP contribution in [0, 0.1) is 0 Å². The zero-order valence-corrected chi connectivity index (χ0v) is 8.58. The van der Waals surface area contributed by atoms with Gasteiger partial charge in [-0.15, -0.1) is 0 Å². The van der Waals surface area contributed by atoms with Gasteiger partial charge in [0.25, 0.3) is 0 Å². The van der Waals surface area contributed by atoms with Crippen LogP contribution in [0.2, 0.25) is 5.02 Å². The van der Waals surface area contributed by atoms with Crippen LogP contribution < -0.4 is 0 Å². The van der Waals surface area contributed by atoms with E-state index in [4.69, 9.17) is 16.3 Å². The molecular formula is C10H11ClO3. The maximum absolute atomic E-state index is 10.8. The molecule has 0 radical (unpaired) electrons. The third-order valence-corrected chi connectivity index (χ3v) is 1.78. The summed E-state index contributed by atoms with van der Waals surface area (Å²) in [6, 6.07) is 7.07. The van der Waals surface area contributed by atoms with Crippen LogP contribution in [0.15, 0.2) is 24.3 Å². The van der Waals surface area contributed by atoms with E-state index in [0.29, 0.717) is 11.6 Å². The van der Waals surface area contributed by atoms with Crippen LogP contribution in [-0.4, -0.2) is 12.8 Å². The van der Waals surface area contributed by atoms with Crippen molar-refractivity contribution in [3.05, 3.63) is 34.9 Å². The minimum atomic E-state index is -0.651. The van der Waals surface area contributed by atoms with Crippen LogP contribution in [-0.2, 0) is 16.1 Å². The normalized spacial score (nSPS) is 9.57. The Hall–Kier alpha value is -1.22. The highest BCUT2D eigenvalue weighted by atomic mass is 35.5. The van der Waals surface area contributed by atoms with Crippen LogP contribution in [0.4, 0.5) is 4.79 Å². The second kappa shape index (κ2) is 5.50. The lowest BCUT2D eigenvalue weighted by atomic mass is 10.2. The van der Waals surface area contributed by atoms with Crippen molar-refractivity contribution in [2.45, 2.75) is 13.5 Å². The van der Waals surface area contributed by atoms with Gasteiger partial charge >= 0.3 is 6.16 Å². The zero-order valence-electron chi connectivity index (χ0n) is 7.83. The number of carbonyl (C=O) groups is 1. The highest BCUT2D eigenvalue weighted by Crippen LogP contribution is 2.10. The Balaban J connectivity index is 2.38. The summed E-state index contributed by atoms with van der Waals surface area (Å²) in [5, 5.41) is 0.657. The van der Waals surface area contributed by atoms with E-state index in [9.17, 15) is 4.79 Å². The van der Waals surface area contributed by atoms with Gasteiger partial charge in [0.05, 0.1) is 6.61 Å². The predicted octanol–water partition coefficient (Wildman–Crippen LogP) is 3.01. The number of ether oxygens (including phenoxy) is 2. The van der Waals surface area contributed by atoms with Gasteiger partial charge in [0.1, 0.15) is 6.61 Å². The van der Waals surface area contributed by atoms with Crippen LogP contribution in [0.3, 0.4) is 0 Å². The van der Waals surface area contributed by atoms with Crippen molar-refractivity contribution in [2.75, 3.05) is 6.61 Å². The second-order valence-electron chi connectivity index (χ2n) is 2.60. The zero-order chi connectivity index (χ0) is 10.4. The molecule has 0 saturated heterocycles. The van der Waals surface area contributed by atoms with Gasteiger partial charge in [0, 0.05) is 5.02 Å². The van der Waals surface area contributed by atoms with Crippen molar-refractivity contribution >= 4 is 17.8 Å². The van der Waals surface area contributed by atoms with Crippen molar-refractivity contribution in [1.29, 1.82) is 0 Å². The number of benzene rings is 1. The number of rotatable bonds is 3. The van der Waals surface area contributed by atoms with E-state index in [2.05, 4.69) is 4.74 Å². The lowest BCUT2D eigenvalue weighted by molar-refractivity contribution is 0.0536. The minimum Gasteiger partial charge on any atom is -0.435 e. The minimum absolute atomic E-state index is 0.204. The molecule has 1 aromatic carbocycles. The first-order valence-corrected chi connectivity index (χ1v) is 4.64. The van der Waals surface area contributed by atoms with Gasteiger partial charge in [0.15, 0.2) is 0 Å². The summed E-state index contributed by atoms with van der Waals surface area (Å²) in [4.78, 5) is 10.8. The van der Waals surface area contributed by atoms with Gasteiger partial charge in [-0.3, -0.25) is 0 Å². The van der Waals surface area contributed by atoms with Gasteiger partial charge in [-0.25, -0.2) is 4.79 Å². The Morgan fingerprint density at radius 3 is 2.50 bits per heavy atom. The first-order valence-electron chi connectivity index (χ1n) is 4.26. The van der Waals surface area contributed by atoms with Gasteiger partial charge in [0.2, 0.25) is 0 Å². The van der Waals surface area contributed by atoms with E-state index >= 15 is 0 Å². The predicted molar refractivity (Wildman–Crippen MR) is 53.3 cm³/mol. The molecule has 0 unspecified atom stereocenters. The van der Waals surface area contributed by atoms with E-state index < -0.39 is 6.16 Å². The van der Waals surface area contributed by atoms with Gasteiger partial charge in [-0.1, -0.05) is 23.7 Å². The molecule has 3 nitrogen and oxygen atoms in total. The summed E-state index contributed by atoms with van der Waals surface area (Å²) in [7, 11) is 0. The van der Waals surface area contributed by atoms with Crippen molar-refractivity contribution < 1.29 is 14.3 Å². The third kappa shape index (κ3) is 3.66. The Bertz CT molecular complexity index is 295. The Kier molecular flexibility index (Phi) is 4.26. The highest BCUT2D eigenvalue weighted by Gasteiger charge is 2.02. The molecule has 1 aromatic rings. The quantitative estimate of drug-likeness (QED) is 0.726. The topological polar surface area (TPSA) is 35.5 Å². The molecule has 0 aliphatic heterocycles. The number of hydrogen-bond donors (Lipinski definition) is 0. The molecule has 0 aliphatic carbocycles. The highest BCUT2D eigenvalue weighted by molar-refractivity contribution is 6.30. The van der Waals surface area contributed by atoms with E-state index in [1.54, 1.807) is 31.2 Å². The average molecular weight is 215 g/mol. The molecule has 0 heterocycles. The molecule has 76 valence electrons. The first-order chi connectivity index (χ1) is 6.72. The molecule has 14 heavy (non-hydrogen) atoms. The Labute approximate surface area is 87.6 Å². The van der Waals surface area contributed by atoms with Crippen molar-refractivity contribution in [3.63, 3.8) is 0 Å². The van der Waals surface area contributed by atoms with Crippen LogP contribution in [0.5, 0.6) is 0 Å². The van der Waals surface area contributed by atoms with E-state index in [0.717, 1.165) is 5.56 Å². The number of halogens is 1. The van der Waals surface area contributed by atoms with E-state index in [1.165, 1.54) is 0 Å². The molecule has 0 spiro atoms. The molecule has 0 fully saturated rings. The largest absolute Gasteiger partial charge is 0.508 e. The van der Waals surface area contributed by atoms with Crippen LogP contribution in [0.1, 0.15) is 12.5 Å². The molecule has 0 saturated carbocycles. The number of hydrogen-bond acceptors (Lipinski definition) is 3. The van der Waals surface area contributed by atoms with Crippen molar-refractivity contribution in [1.82, 2.24) is 0 Å². The molecule has 0 aromatic heterocycles. The molecule has 0 N–H and O–H groups in total. The molecule has 0 bridgehead atoms.